The number of rotatable bonds is 4. The zero-order valence-electron chi connectivity index (χ0n) is 12.0. The normalized spacial score (nSPS) is 11.5. The third-order valence-corrected chi connectivity index (χ3v) is 4.13. The average molecular weight is 330 g/mol. The van der Waals surface area contributed by atoms with Crippen LogP contribution in [-0.2, 0) is 16.6 Å². The van der Waals surface area contributed by atoms with Crippen molar-refractivity contribution < 1.29 is 8.42 Å². The zero-order valence-corrected chi connectivity index (χ0v) is 12.8. The fourth-order valence-corrected chi connectivity index (χ4v) is 2.62. The van der Waals surface area contributed by atoms with Gasteiger partial charge in [0.15, 0.2) is 5.65 Å². The molecule has 0 saturated heterocycles. The van der Waals surface area contributed by atoms with Crippen LogP contribution in [0.25, 0.3) is 11.2 Å². The van der Waals surface area contributed by atoms with Crippen LogP contribution in [0.3, 0.4) is 0 Å². The summed E-state index contributed by atoms with van der Waals surface area (Å²) in [7, 11) is -3.68. The van der Waals surface area contributed by atoms with Crippen molar-refractivity contribution in [2.24, 2.45) is 5.14 Å². The number of nitrogens with two attached hydrogens (primary N) is 2. The topological polar surface area (TPSA) is 137 Å². The lowest BCUT2D eigenvalue weighted by Gasteiger charge is -2.09. The zero-order chi connectivity index (χ0) is 16.4. The number of benzene rings is 1. The van der Waals surface area contributed by atoms with E-state index in [1.807, 2.05) is 0 Å². The molecule has 0 bridgehead atoms. The first kappa shape index (κ1) is 15.1. The van der Waals surface area contributed by atoms with Crippen LogP contribution in [0.15, 0.2) is 47.6 Å². The molecule has 0 aliphatic carbocycles. The number of hydrogen-bond acceptors (Lipinski definition) is 7. The number of primary sulfonamides is 1. The van der Waals surface area contributed by atoms with Crippen molar-refractivity contribution in [3.8, 4) is 0 Å². The lowest BCUT2D eigenvalue weighted by molar-refractivity contribution is 0.598. The largest absolute Gasteiger partial charge is 0.384 e. The van der Waals surface area contributed by atoms with E-state index >= 15 is 0 Å². The minimum absolute atomic E-state index is 0.0747. The van der Waals surface area contributed by atoms with E-state index in [0.717, 1.165) is 5.56 Å². The van der Waals surface area contributed by atoms with Crippen LogP contribution in [-0.4, -0.2) is 23.4 Å². The Balaban J connectivity index is 1.84. The highest BCUT2D eigenvalue weighted by Gasteiger charge is 2.08. The van der Waals surface area contributed by atoms with Crippen molar-refractivity contribution in [3.05, 3.63) is 48.3 Å². The Hall–Kier alpha value is -2.78. The Kier molecular flexibility index (Phi) is 3.80. The van der Waals surface area contributed by atoms with Crippen molar-refractivity contribution in [2.45, 2.75) is 11.4 Å². The molecule has 5 N–H and O–H groups in total. The second-order valence-electron chi connectivity index (χ2n) is 4.87. The Morgan fingerprint density at radius 1 is 1.09 bits per heavy atom. The van der Waals surface area contributed by atoms with Gasteiger partial charge >= 0.3 is 0 Å². The summed E-state index contributed by atoms with van der Waals surface area (Å²) in [5.74, 6) is 0.338. The number of anilines is 2. The maximum absolute atomic E-state index is 11.2. The Morgan fingerprint density at radius 3 is 2.48 bits per heavy atom. The molecule has 0 radical (unpaired) electrons. The van der Waals surface area contributed by atoms with Crippen LogP contribution in [0.1, 0.15) is 5.56 Å². The number of pyridine rings is 1. The fourth-order valence-electron chi connectivity index (χ4n) is 2.10. The van der Waals surface area contributed by atoms with Gasteiger partial charge in [0, 0.05) is 25.0 Å². The van der Waals surface area contributed by atoms with Gasteiger partial charge in [-0.15, -0.1) is 0 Å². The molecule has 8 nitrogen and oxygen atoms in total. The van der Waals surface area contributed by atoms with E-state index in [4.69, 9.17) is 10.9 Å². The second kappa shape index (κ2) is 5.78. The smallest absolute Gasteiger partial charge is 0.238 e. The summed E-state index contributed by atoms with van der Waals surface area (Å²) in [5, 5.41) is 8.27. The summed E-state index contributed by atoms with van der Waals surface area (Å²) in [5.41, 5.74) is 8.42. The molecule has 118 valence electrons. The van der Waals surface area contributed by atoms with Gasteiger partial charge in [-0.25, -0.2) is 28.5 Å². The molecular formula is C14H14N6O2S. The van der Waals surface area contributed by atoms with Crippen molar-refractivity contribution in [1.29, 1.82) is 0 Å². The standard InChI is InChI=1S/C14H14N6O2S/c15-12-7-11(13-14(20-12)18-6-5-17-13)19-8-9-1-3-10(4-2-9)23(16,21)22/h1-7H,8H2,(H2,16,21,22)(H3,15,18,19,20). The highest BCUT2D eigenvalue weighted by atomic mass is 32.2. The SMILES string of the molecule is Nc1cc(NCc2ccc(S(N)(=O)=O)cc2)c2nccnc2n1. The summed E-state index contributed by atoms with van der Waals surface area (Å²) in [4.78, 5) is 12.6. The van der Waals surface area contributed by atoms with E-state index in [-0.39, 0.29) is 4.90 Å². The third kappa shape index (κ3) is 3.35. The molecule has 0 aliphatic heterocycles. The lowest BCUT2D eigenvalue weighted by Crippen LogP contribution is -2.12. The minimum Gasteiger partial charge on any atom is -0.384 e. The molecule has 23 heavy (non-hydrogen) atoms. The van der Waals surface area contributed by atoms with E-state index in [0.29, 0.717) is 29.2 Å². The molecule has 0 saturated carbocycles. The van der Waals surface area contributed by atoms with Crippen LogP contribution in [0.4, 0.5) is 11.5 Å². The summed E-state index contributed by atoms with van der Waals surface area (Å²) in [6, 6.07) is 7.97. The van der Waals surface area contributed by atoms with Crippen LogP contribution in [0.5, 0.6) is 0 Å². The van der Waals surface area contributed by atoms with E-state index in [1.165, 1.54) is 12.1 Å². The van der Waals surface area contributed by atoms with Gasteiger partial charge in [-0.3, -0.25) is 0 Å². The predicted molar refractivity (Wildman–Crippen MR) is 86.9 cm³/mol. The van der Waals surface area contributed by atoms with Gasteiger partial charge in [-0.05, 0) is 17.7 Å². The second-order valence-corrected chi connectivity index (χ2v) is 6.43. The molecule has 2 heterocycles. The fraction of sp³-hybridized carbons (Fsp3) is 0.0714. The Labute approximate surface area is 132 Å². The molecule has 0 aliphatic rings. The number of fused-ring (bicyclic) bond motifs is 1. The molecule has 0 atom stereocenters. The molecule has 3 aromatic rings. The predicted octanol–water partition coefficient (Wildman–Crippen LogP) is 0.866. The molecule has 0 amide bonds. The van der Waals surface area contributed by atoms with E-state index < -0.39 is 10.0 Å². The van der Waals surface area contributed by atoms with Gasteiger partial charge in [-0.2, -0.15) is 0 Å². The number of aromatic nitrogens is 3. The van der Waals surface area contributed by atoms with Crippen LogP contribution >= 0.6 is 0 Å². The Morgan fingerprint density at radius 2 is 1.78 bits per heavy atom. The summed E-state index contributed by atoms with van der Waals surface area (Å²) in [6.45, 7) is 0.458. The van der Waals surface area contributed by atoms with Gasteiger partial charge in [-0.1, -0.05) is 12.1 Å². The quantitative estimate of drug-likeness (QED) is 0.645. The van der Waals surface area contributed by atoms with Gasteiger partial charge < -0.3 is 11.1 Å². The molecule has 0 spiro atoms. The van der Waals surface area contributed by atoms with Gasteiger partial charge in [0.1, 0.15) is 11.3 Å². The van der Waals surface area contributed by atoms with Crippen LogP contribution < -0.4 is 16.2 Å². The first-order valence-electron chi connectivity index (χ1n) is 6.66. The highest BCUT2D eigenvalue weighted by Crippen LogP contribution is 2.21. The minimum atomic E-state index is -3.68. The molecule has 9 heteroatoms. The van der Waals surface area contributed by atoms with Crippen molar-refractivity contribution >= 4 is 32.7 Å². The summed E-state index contributed by atoms with van der Waals surface area (Å²) in [6.07, 6.45) is 3.12. The molecule has 2 aromatic heterocycles. The monoisotopic (exact) mass is 330 g/mol. The first-order valence-corrected chi connectivity index (χ1v) is 8.21. The van der Waals surface area contributed by atoms with Crippen LogP contribution in [0, 0.1) is 0 Å². The van der Waals surface area contributed by atoms with E-state index in [2.05, 4.69) is 20.3 Å². The third-order valence-electron chi connectivity index (χ3n) is 3.20. The number of nitrogens with one attached hydrogen (secondary N) is 1. The highest BCUT2D eigenvalue weighted by molar-refractivity contribution is 7.89. The van der Waals surface area contributed by atoms with Gasteiger partial charge in [0.2, 0.25) is 10.0 Å². The van der Waals surface area contributed by atoms with Crippen molar-refractivity contribution in [2.75, 3.05) is 11.1 Å². The van der Waals surface area contributed by atoms with E-state index in [9.17, 15) is 8.42 Å². The number of nitrogen functional groups attached to an aromatic ring is 1. The molecule has 0 fully saturated rings. The number of sulfonamides is 1. The average Bonchev–Trinajstić information content (AvgIpc) is 2.52. The summed E-state index contributed by atoms with van der Waals surface area (Å²) < 4.78 is 22.5. The lowest BCUT2D eigenvalue weighted by atomic mass is 10.2. The maximum atomic E-state index is 11.2. The summed E-state index contributed by atoms with van der Waals surface area (Å²) >= 11 is 0. The van der Waals surface area contributed by atoms with Crippen molar-refractivity contribution in [3.63, 3.8) is 0 Å². The molecular weight excluding hydrogens is 316 g/mol. The van der Waals surface area contributed by atoms with Crippen molar-refractivity contribution in [1.82, 2.24) is 15.0 Å². The number of hydrogen-bond donors (Lipinski definition) is 3. The molecule has 3 rings (SSSR count). The van der Waals surface area contributed by atoms with Crippen LogP contribution in [0.2, 0.25) is 0 Å². The maximum Gasteiger partial charge on any atom is 0.238 e. The van der Waals surface area contributed by atoms with E-state index in [1.54, 1.807) is 30.6 Å². The van der Waals surface area contributed by atoms with Gasteiger partial charge in [0.05, 0.1) is 10.6 Å². The Bertz CT molecular complexity index is 957. The number of nitrogens with zero attached hydrogens (tertiary/aromatic N) is 3. The van der Waals surface area contributed by atoms with Gasteiger partial charge in [0.25, 0.3) is 0 Å². The first-order chi connectivity index (χ1) is 10.9. The molecule has 1 aromatic carbocycles. The molecule has 0 unspecified atom stereocenters.